The van der Waals surface area contributed by atoms with E-state index in [0.717, 1.165) is 21.7 Å². The Morgan fingerprint density at radius 2 is 2.09 bits per heavy atom. The van der Waals surface area contributed by atoms with Gasteiger partial charge in [-0.1, -0.05) is 29.9 Å². The molecule has 0 fully saturated rings. The van der Waals surface area contributed by atoms with Crippen molar-refractivity contribution in [1.82, 2.24) is 19.7 Å². The molecular weight excluding hydrogens is 460 g/mol. The van der Waals surface area contributed by atoms with Crippen molar-refractivity contribution in [2.75, 3.05) is 7.11 Å². The lowest BCUT2D eigenvalue weighted by atomic mass is 10.2. The summed E-state index contributed by atoms with van der Waals surface area (Å²) in [7, 11) is 1.60. The summed E-state index contributed by atoms with van der Waals surface area (Å²) < 4.78 is 17.7. The van der Waals surface area contributed by atoms with Crippen LogP contribution in [0.15, 0.2) is 61.6 Å². The van der Waals surface area contributed by atoms with Crippen LogP contribution in [0.2, 0.25) is 0 Å². The number of thioether (sulfide) groups is 1. The molecule has 0 aliphatic carbocycles. The number of ether oxygens (including phenoxy) is 1. The monoisotopic (exact) mass is 480 g/mol. The highest BCUT2D eigenvalue weighted by Gasteiger charge is 2.20. The van der Waals surface area contributed by atoms with E-state index in [1.54, 1.807) is 41.4 Å². The van der Waals surface area contributed by atoms with E-state index < -0.39 is 0 Å². The highest BCUT2D eigenvalue weighted by Crippen LogP contribution is 2.32. The van der Waals surface area contributed by atoms with Gasteiger partial charge in [0.25, 0.3) is 5.56 Å². The molecule has 0 saturated carbocycles. The van der Waals surface area contributed by atoms with Crippen LogP contribution in [-0.4, -0.2) is 26.8 Å². The summed E-state index contributed by atoms with van der Waals surface area (Å²) in [5.41, 5.74) is 1.57. The lowest BCUT2D eigenvalue weighted by Gasteiger charge is -2.12. The average molecular weight is 481 g/mol. The van der Waals surface area contributed by atoms with Gasteiger partial charge in [0.1, 0.15) is 10.6 Å². The minimum atomic E-state index is -0.106. The Kier molecular flexibility index (Phi) is 5.77. The van der Waals surface area contributed by atoms with Gasteiger partial charge in [0.05, 0.1) is 30.2 Å². The highest BCUT2D eigenvalue weighted by atomic mass is 32.2. The zero-order valence-electron chi connectivity index (χ0n) is 18.2. The summed E-state index contributed by atoms with van der Waals surface area (Å²) in [6.07, 6.45) is 2.41. The normalized spacial score (nSPS) is 11.4. The van der Waals surface area contributed by atoms with E-state index in [2.05, 4.69) is 17.1 Å². The molecule has 0 atom stereocenters. The number of hydrogen-bond donors (Lipinski definition) is 0. The van der Waals surface area contributed by atoms with Gasteiger partial charge in [0.2, 0.25) is 11.7 Å². The van der Waals surface area contributed by atoms with Gasteiger partial charge >= 0.3 is 0 Å². The number of methoxy groups -OCH3 is 1. The zero-order chi connectivity index (χ0) is 22.9. The van der Waals surface area contributed by atoms with Crippen LogP contribution in [0, 0.1) is 6.92 Å². The fourth-order valence-corrected chi connectivity index (χ4v) is 5.58. The van der Waals surface area contributed by atoms with E-state index in [4.69, 9.17) is 18.7 Å². The van der Waals surface area contributed by atoms with Crippen LogP contribution in [0.25, 0.3) is 27.5 Å². The zero-order valence-corrected chi connectivity index (χ0v) is 19.8. The van der Waals surface area contributed by atoms with Crippen LogP contribution in [0.1, 0.15) is 23.3 Å². The van der Waals surface area contributed by atoms with Crippen molar-refractivity contribution in [3.63, 3.8) is 0 Å². The SMILES string of the molecule is CCc1sc2nc(SCc3nc(-c4ccco4)no3)n(-c3cccc(OC)c3)c(=O)c2c1C. The molecule has 10 heteroatoms. The Bertz CT molecular complexity index is 1480. The number of benzene rings is 1. The standard InChI is InChI=1S/C23H20N4O4S2/c1-4-17-13(2)19-21(33-17)25-23(27(22(19)28)14-7-5-8-15(11-14)29-3)32-12-18-24-20(26-31-18)16-9-6-10-30-16/h5-11H,4,12H2,1-3H3. The second-order valence-electron chi connectivity index (χ2n) is 7.20. The summed E-state index contributed by atoms with van der Waals surface area (Å²) in [5.74, 6) is 2.33. The molecule has 0 amide bonds. The Labute approximate surface area is 197 Å². The molecule has 5 aromatic rings. The summed E-state index contributed by atoms with van der Waals surface area (Å²) >= 11 is 2.92. The van der Waals surface area contributed by atoms with Crippen molar-refractivity contribution in [3.05, 3.63) is 69.3 Å². The molecule has 0 unspecified atom stereocenters. The number of nitrogens with zero attached hydrogens (tertiary/aromatic N) is 4. The van der Waals surface area contributed by atoms with Crippen LogP contribution in [0.5, 0.6) is 5.75 Å². The molecule has 0 N–H and O–H groups in total. The van der Waals surface area contributed by atoms with Crippen molar-refractivity contribution in [2.45, 2.75) is 31.2 Å². The first kappa shape index (κ1) is 21.5. The smallest absolute Gasteiger partial charge is 0.267 e. The quantitative estimate of drug-likeness (QED) is 0.230. The van der Waals surface area contributed by atoms with Crippen molar-refractivity contribution < 1.29 is 13.7 Å². The van der Waals surface area contributed by atoms with E-state index in [1.165, 1.54) is 11.8 Å². The Balaban J connectivity index is 1.58. The third-order valence-corrected chi connectivity index (χ3v) is 7.45. The molecule has 0 radical (unpaired) electrons. The molecule has 5 rings (SSSR count). The Hall–Kier alpha value is -3.37. The van der Waals surface area contributed by atoms with E-state index in [9.17, 15) is 4.79 Å². The summed E-state index contributed by atoms with van der Waals surface area (Å²) in [6, 6.07) is 10.9. The first-order chi connectivity index (χ1) is 16.1. The molecular formula is C23H20N4O4S2. The number of thiophene rings is 1. The molecule has 0 aliphatic rings. The number of rotatable bonds is 7. The van der Waals surface area contributed by atoms with Gasteiger partial charge in [-0.05, 0) is 43.2 Å². The second-order valence-corrected chi connectivity index (χ2v) is 9.22. The predicted octanol–water partition coefficient (Wildman–Crippen LogP) is 5.26. The molecule has 4 aromatic heterocycles. The van der Waals surface area contributed by atoms with Gasteiger partial charge in [-0.25, -0.2) is 4.98 Å². The van der Waals surface area contributed by atoms with E-state index in [-0.39, 0.29) is 5.56 Å². The van der Waals surface area contributed by atoms with Crippen LogP contribution >= 0.6 is 23.1 Å². The predicted molar refractivity (Wildman–Crippen MR) is 127 cm³/mol. The van der Waals surface area contributed by atoms with Crippen molar-refractivity contribution in [1.29, 1.82) is 0 Å². The van der Waals surface area contributed by atoms with Crippen molar-refractivity contribution >= 4 is 33.3 Å². The highest BCUT2D eigenvalue weighted by molar-refractivity contribution is 7.98. The molecule has 33 heavy (non-hydrogen) atoms. The maximum absolute atomic E-state index is 13.7. The lowest BCUT2D eigenvalue weighted by Crippen LogP contribution is -2.21. The molecule has 0 bridgehead atoms. The van der Waals surface area contributed by atoms with Gasteiger partial charge in [0, 0.05) is 10.9 Å². The first-order valence-corrected chi connectivity index (χ1v) is 12.1. The van der Waals surface area contributed by atoms with Gasteiger partial charge in [-0.3, -0.25) is 9.36 Å². The van der Waals surface area contributed by atoms with Gasteiger partial charge in [-0.15, -0.1) is 11.3 Å². The summed E-state index contributed by atoms with van der Waals surface area (Å²) in [6.45, 7) is 4.07. The van der Waals surface area contributed by atoms with Gasteiger partial charge in [-0.2, -0.15) is 4.98 Å². The Morgan fingerprint density at radius 1 is 1.21 bits per heavy atom. The fourth-order valence-electron chi connectivity index (χ4n) is 3.57. The van der Waals surface area contributed by atoms with Crippen LogP contribution in [-0.2, 0) is 12.2 Å². The molecule has 8 nitrogen and oxygen atoms in total. The minimum Gasteiger partial charge on any atom is -0.497 e. The number of furan rings is 1. The maximum Gasteiger partial charge on any atom is 0.267 e. The maximum atomic E-state index is 13.7. The molecule has 0 saturated heterocycles. The van der Waals surface area contributed by atoms with Crippen molar-refractivity contribution in [3.8, 4) is 23.0 Å². The van der Waals surface area contributed by atoms with Gasteiger partial charge in [0.15, 0.2) is 10.9 Å². The Morgan fingerprint density at radius 3 is 2.85 bits per heavy atom. The minimum absolute atomic E-state index is 0.106. The van der Waals surface area contributed by atoms with Crippen LogP contribution in [0.3, 0.4) is 0 Å². The van der Waals surface area contributed by atoms with Gasteiger partial charge < -0.3 is 13.7 Å². The molecule has 168 valence electrons. The third-order valence-electron chi connectivity index (χ3n) is 5.20. The largest absolute Gasteiger partial charge is 0.497 e. The van der Waals surface area contributed by atoms with Crippen molar-refractivity contribution in [2.24, 2.45) is 0 Å². The molecule has 0 spiro atoms. The number of aromatic nitrogens is 4. The van der Waals surface area contributed by atoms with Crippen LogP contribution in [0.4, 0.5) is 0 Å². The van der Waals surface area contributed by atoms with E-state index in [1.807, 2.05) is 31.2 Å². The third kappa shape index (κ3) is 3.96. The topological polar surface area (TPSA) is 96.2 Å². The number of hydrogen-bond acceptors (Lipinski definition) is 9. The number of aryl methyl sites for hydroxylation is 2. The van der Waals surface area contributed by atoms with E-state index >= 15 is 0 Å². The summed E-state index contributed by atoms with van der Waals surface area (Å²) in [4.78, 5) is 24.8. The second kappa shape index (κ2) is 8.87. The summed E-state index contributed by atoms with van der Waals surface area (Å²) in [5, 5.41) is 5.17. The van der Waals surface area contributed by atoms with Crippen LogP contribution < -0.4 is 10.3 Å². The molecule has 0 aliphatic heterocycles. The first-order valence-electron chi connectivity index (χ1n) is 10.3. The molecule has 4 heterocycles. The number of fused-ring (bicyclic) bond motifs is 1. The lowest BCUT2D eigenvalue weighted by molar-refractivity contribution is 0.390. The average Bonchev–Trinajstić information content (AvgIpc) is 3.58. The molecule has 1 aromatic carbocycles. The van der Waals surface area contributed by atoms with E-state index in [0.29, 0.717) is 45.2 Å². The fraction of sp³-hybridized carbons (Fsp3) is 0.217.